The highest BCUT2D eigenvalue weighted by atomic mass is 16.3. The number of piperidine rings is 4. The largest absolute Gasteiger partial charge is 0.392 e. The fourth-order valence-corrected chi connectivity index (χ4v) is 9.03. The minimum Gasteiger partial charge on any atom is -0.392 e. The Morgan fingerprint density at radius 1 is 1.19 bits per heavy atom. The summed E-state index contributed by atoms with van der Waals surface area (Å²) >= 11 is 0. The monoisotopic (exact) mass is 355 g/mol. The van der Waals surface area contributed by atoms with Crippen molar-refractivity contribution in [2.24, 2.45) is 17.8 Å². The van der Waals surface area contributed by atoms with Gasteiger partial charge in [0.25, 0.3) is 0 Å². The Labute approximate surface area is 156 Å². The highest BCUT2D eigenvalue weighted by molar-refractivity contribution is 5.66. The number of aliphatic hydroxyl groups is 2. The lowest BCUT2D eigenvalue weighted by Gasteiger charge is -2.67. The summed E-state index contributed by atoms with van der Waals surface area (Å²) < 4.78 is 0.849. The molecule has 5 aliphatic heterocycles. The number of fused-ring (bicyclic) bond motifs is 2. The van der Waals surface area contributed by atoms with Gasteiger partial charge in [0.15, 0.2) is 6.23 Å². The zero-order valence-corrected chi connectivity index (χ0v) is 16.0. The predicted octanol–water partition coefficient (Wildman–Crippen LogP) is 2.09. The molecule has 0 amide bonds. The number of rotatable bonds is 2. The van der Waals surface area contributed by atoms with Crippen molar-refractivity contribution in [2.45, 2.75) is 69.0 Å². The van der Waals surface area contributed by atoms with Gasteiger partial charge < -0.3 is 15.1 Å². The van der Waals surface area contributed by atoms with E-state index in [4.69, 9.17) is 0 Å². The maximum Gasteiger partial charge on any atom is 0.194 e. The molecule has 1 saturated carbocycles. The van der Waals surface area contributed by atoms with Crippen molar-refractivity contribution in [2.75, 3.05) is 18.5 Å². The van der Waals surface area contributed by atoms with Crippen LogP contribution < -0.4 is 4.90 Å². The van der Waals surface area contributed by atoms with Gasteiger partial charge in [-0.25, -0.2) is 0 Å². The first-order valence-corrected chi connectivity index (χ1v) is 10.6. The summed E-state index contributed by atoms with van der Waals surface area (Å²) in [6.45, 7) is 5.48. The number of aliphatic hydroxyl groups excluding tert-OH is 2. The minimum absolute atomic E-state index is 0.126. The molecule has 1 aliphatic carbocycles. The van der Waals surface area contributed by atoms with Crippen LogP contribution in [0.3, 0.4) is 0 Å². The zero-order chi connectivity index (χ0) is 18.0. The minimum atomic E-state index is -0.272. The molecule has 26 heavy (non-hydrogen) atoms. The molecule has 0 radical (unpaired) electrons. The van der Waals surface area contributed by atoms with Crippen LogP contribution in [0.1, 0.15) is 38.7 Å². The lowest BCUT2D eigenvalue weighted by Crippen LogP contribution is -2.82. The number of hydrogen-bond acceptors (Lipinski definition) is 3. The molecular formula is C22H31N2O2+. The molecule has 2 N–H and O–H groups in total. The first-order valence-electron chi connectivity index (χ1n) is 10.6. The fourth-order valence-electron chi connectivity index (χ4n) is 9.03. The summed E-state index contributed by atoms with van der Waals surface area (Å²) in [4.78, 5) is 2.46. The molecule has 1 aromatic rings. The molecule has 4 saturated heterocycles. The third kappa shape index (κ3) is 1.30. The first kappa shape index (κ1) is 15.9. The SMILES string of the molecule is CCC1[C@@H]2CC3C4N(C)c5ccccc5C45C[C@@H](C2C5O)[N+]3(CC)[C@@H]1O. The number of hydrogen-bond donors (Lipinski definition) is 2. The maximum atomic E-state index is 11.8. The second-order valence-corrected chi connectivity index (χ2v) is 9.67. The van der Waals surface area contributed by atoms with Gasteiger partial charge >= 0.3 is 0 Å². The van der Waals surface area contributed by atoms with Crippen molar-refractivity contribution in [1.29, 1.82) is 0 Å². The molecule has 0 aromatic heterocycles. The molecule has 1 aromatic carbocycles. The maximum absolute atomic E-state index is 11.8. The average Bonchev–Trinajstić information content (AvgIpc) is 3.04. The Kier molecular flexibility index (Phi) is 2.85. The Bertz CT molecular complexity index is 783. The molecule has 7 rings (SSSR count). The third-order valence-corrected chi connectivity index (χ3v) is 9.67. The molecule has 5 heterocycles. The highest BCUT2D eigenvalue weighted by Gasteiger charge is 2.82. The Balaban J connectivity index is 1.63. The molecule has 5 fully saturated rings. The summed E-state index contributed by atoms with van der Waals surface area (Å²) in [5.74, 6) is 1.18. The molecule has 7 unspecified atom stereocenters. The number of para-hydroxylation sites is 1. The zero-order valence-electron chi connectivity index (χ0n) is 16.0. The highest BCUT2D eigenvalue weighted by Crippen LogP contribution is 2.71. The van der Waals surface area contributed by atoms with Crippen molar-refractivity contribution >= 4 is 5.69 Å². The topological polar surface area (TPSA) is 43.7 Å². The Morgan fingerprint density at radius 3 is 2.69 bits per heavy atom. The second kappa shape index (κ2) is 4.65. The summed E-state index contributed by atoms with van der Waals surface area (Å²) in [6, 6.07) is 9.93. The smallest absolute Gasteiger partial charge is 0.194 e. The second-order valence-electron chi connectivity index (χ2n) is 9.67. The van der Waals surface area contributed by atoms with Crippen molar-refractivity contribution in [3.05, 3.63) is 29.8 Å². The molecule has 10 atom stereocenters. The van der Waals surface area contributed by atoms with Crippen molar-refractivity contribution in [3.8, 4) is 0 Å². The van der Waals surface area contributed by atoms with E-state index in [-0.39, 0.29) is 17.7 Å². The van der Waals surface area contributed by atoms with Gasteiger partial charge in [-0.3, -0.25) is 4.48 Å². The van der Waals surface area contributed by atoms with Gasteiger partial charge in [0.05, 0.1) is 30.1 Å². The van der Waals surface area contributed by atoms with Gasteiger partial charge in [-0.05, 0) is 30.9 Å². The van der Waals surface area contributed by atoms with E-state index in [1.807, 2.05) is 0 Å². The van der Waals surface area contributed by atoms with E-state index in [0.717, 1.165) is 23.9 Å². The molecule has 5 bridgehead atoms. The van der Waals surface area contributed by atoms with Gasteiger partial charge in [0.1, 0.15) is 6.04 Å². The molecule has 140 valence electrons. The van der Waals surface area contributed by atoms with Crippen LogP contribution in [0.2, 0.25) is 0 Å². The Hall–Kier alpha value is -1.10. The van der Waals surface area contributed by atoms with E-state index in [9.17, 15) is 10.2 Å². The van der Waals surface area contributed by atoms with E-state index in [0.29, 0.717) is 35.9 Å². The lowest BCUT2D eigenvalue weighted by molar-refractivity contribution is -1.04. The van der Waals surface area contributed by atoms with Gasteiger partial charge in [-0.15, -0.1) is 0 Å². The van der Waals surface area contributed by atoms with Crippen LogP contribution in [-0.4, -0.2) is 58.7 Å². The number of likely N-dealkylation sites (N-methyl/N-ethyl adjacent to an activating group) is 2. The molecule has 4 nitrogen and oxygen atoms in total. The van der Waals surface area contributed by atoms with Crippen LogP contribution in [0, 0.1) is 17.8 Å². The molecule has 4 heteroatoms. The Morgan fingerprint density at radius 2 is 1.96 bits per heavy atom. The van der Waals surface area contributed by atoms with Crippen LogP contribution >= 0.6 is 0 Å². The molecule has 1 spiro atoms. The number of quaternary nitrogens is 1. The summed E-state index contributed by atoms with van der Waals surface area (Å²) in [6.07, 6.45) is 2.71. The fraction of sp³-hybridized carbons (Fsp3) is 0.727. The van der Waals surface area contributed by atoms with E-state index >= 15 is 0 Å². The number of anilines is 1. The number of nitrogens with zero attached hydrogens (tertiary/aromatic N) is 2. The van der Waals surface area contributed by atoms with Crippen molar-refractivity contribution in [1.82, 2.24) is 0 Å². The normalized spacial score (nSPS) is 55.3. The van der Waals surface area contributed by atoms with Crippen molar-refractivity contribution < 1.29 is 14.7 Å². The average molecular weight is 356 g/mol. The van der Waals surface area contributed by atoms with Gasteiger partial charge in [0.2, 0.25) is 0 Å². The van der Waals surface area contributed by atoms with E-state index in [1.54, 1.807) is 0 Å². The van der Waals surface area contributed by atoms with Gasteiger partial charge in [-0.2, -0.15) is 0 Å². The number of benzene rings is 1. The summed E-state index contributed by atoms with van der Waals surface area (Å²) in [5.41, 5.74) is 2.55. The molecular weight excluding hydrogens is 324 g/mol. The van der Waals surface area contributed by atoms with Crippen LogP contribution in [0.4, 0.5) is 5.69 Å². The standard InChI is InChI=1S/C22H31N2O2/c1-4-12-13-10-16-19-22(14-8-6-7-9-15(14)23(19)3)11-17(18(13)20(22)25)24(16,5-2)21(12)26/h6-9,12-13,16-21,25-26H,4-5,10-11H2,1-3H3/q+1/t12?,13-,16?,17-,18?,19?,20?,21+,22?,24?/m0/s1. The van der Waals surface area contributed by atoms with Gasteiger partial charge in [0, 0.05) is 37.4 Å². The van der Waals surface area contributed by atoms with Crippen LogP contribution in [-0.2, 0) is 5.41 Å². The lowest BCUT2D eigenvalue weighted by atomic mass is 9.60. The predicted molar refractivity (Wildman–Crippen MR) is 101 cm³/mol. The summed E-state index contributed by atoms with van der Waals surface area (Å²) in [5, 5.41) is 23.4. The van der Waals surface area contributed by atoms with E-state index < -0.39 is 0 Å². The first-order chi connectivity index (χ1) is 12.5. The van der Waals surface area contributed by atoms with Crippen LogP contribution in [0.15, 0.2) is 24.3 Å². The van der Waals surface area contributed by atoms with E-state index in [2.05, 4.69) is 50.1 Å². The van der Waals surface area contributed by atoms with Crippen molar-refractivity contribution in [3.63, 3.8) is 0 Å². The quantitative estimate of drug-likeness (QED) is 0.799. The third-order valence-electron chi connectivity index (χ3n) is 9.67. The van der Waals surface area contributed by atoms with Crippen LogP contribution in [0.25, 0.3) is 0 Å². The van der Waals surface area contributed by atoms with E-state index in [1.165, 1.54) is 17.7 Å². The summed E-state index contributed by atoms with van der Waals surface area (Å²) in [7, 11) is 2.22. The molecule has 6 aliphatic rings. The van der Waals surface area contributed by atoms with Crippen LogP contribution in [0.5, 0.6) is 0 Å². The van der Waals surface area contributed by atoms with Gasteiger partial charge in [-0.1, -0.05) is 25.1 Å².